The Morgan fingerprint density at radius 1 is 1.39 bits per heavy atom. The fourth-order valence-corrected chi connectivity index (χ4v) is 1.57. The van der Waals surface area contributed by atoms with Gasteiger partial charge in [-0.3, -0.25) is 9.59 Å². The molecule has 6 heteroatoms. The van der Waals surface area contributed by atoms with Gasteiger partial charge in [0, 0.05) is 13.1 Å². The van der Waals surface area contributed by atoms with Crippen LogP contribution in [0.25, 0.3) is 0 Å². The van der Waals surface area contributed by atoms with Crippen LogP contribution < -0.4 is 16.0 Å². The van der Waals surface area contributed by atoms with Crippen LogP contribution in [0, 0.1) is 5.92 Å². The fraction of sp³-hybridized carbons (Fsp3) is 0.833. The van der Waals surface area contributed by atoms with Gasteiger partial charge in [-0.1, -0.05) is 13.8 Å². The lowest BCUT2D eigenvalue weighted by atomic mass is 10.2. The normalized spacial score (nSPS) is 21.4. The predicted octanol–water partition coefficient (Wildman–Crippen LogP) is -0.748. The van der Waals surface area contributed by atoms with Crippen LogP contribution >= 0.6 is 0 Å². The summed E-state index contributed by atoms with van der Waals surface area (Å²) in [6.07, 6.45) is 0. The van der Waals surface area contributed by atoms with Gasteiger partial charge >= 0.3 is 0 Å². The van der Waals surface area contributed by atoms with Gasteiger partial charge in [-0.2, -0.15) is 0 Å². The van der Waals surface area contributed by atoms with Crippen LogP contribution in [0.5, 0.6) is 0 Å². The highest BCUT2D eigenvalue weighted by molar-refractivity contribution is 5.89. The van der Waals surface area contributed by atoms with Crippen molar-refractivity contribution in [3.8, 4) is 0 Å². The monoisotopic (exact) mass is 257 g/mol. The summed E-state index contributed by atoms with van der Waals surface area (Å²) in [6, 6.07) is -0.890. The van der Waals surface area contributed by atoms with Crippen LogP contribution in [0.4, 0.5) is 0 Å². The summed E-state index contributed by atoms with van der Waals surface area (Å²) in [7, 11) is 0. The highest BCUT2D eigenvalue weighted by Gasteiger charge is 2.24. The molecule has 2 amide bonds. The first-order valence-corrected chi connectivity index (χ1v) is 6.40. The summed E-state index contributed by atoms with van der Waals surface area (Å²) in [5, 5.41) is 8.51. The zero-order valence-corrected chi connectivity index (χ0v) is 11.3. The molecule has 2 unspecified atom stereocenters. The van der Waals surface area contributed by atoms with Crippen LogP contribution in [0.3, 0.4) is 0 Å². The molecule has 1 aliphatic heterocycles. The Morgan fingerprint density at radius 2 is 2.11 bits per heavy atom. The Morgan fingerprint density at radius 3 is 2.67 bits per heavy atom. The Hall–Kier alpha value is -1.14. The summed E-state index contributed by atoms with van der Waals surface area (Å²) in [6.45, 7) is 7.97. The van der Waals surface area contributed by atoms with Crippen molar-refractivity contribution in [2.45, 2.75) is 32.9 Å². The molecule has 1 heterocycles. The second-order valence-corrected chi connectivity index (χ2v) is 4.95. The molecule has 0 bridgehead atoms. The van der Waals surface area contributed by atoms with Crippen LogP contribution in [0.15, 0.2) is 0 Å². The van der Waals surface area contributed by atoms with Crippen molar-refractivity contribution < 1.29 is 14.3 Å². The second kappa shape index (κ2) is 7.33. The molecule has 1 rings (SSSR count). The molecule has 3 N–H and O–H groups in total. The first-order valence-electron chi connectivity index (χ1n) is 6.40. The molecular weight excluding hydrogens is 234 g/mol. The third-order valence-electron chi connectivity index (χ3n) is 2.67. The third-order valence-corrected chi connectivity index (χ3v) is 2.67. The van der Waals surface area contributed by atoms with Gasteiger partial charge in [-0.05, 0) is 12.8 Å². The summed E-state index contributed by atoms with van der Waals surface area (Å²) in [5.41, 5.74) is 0. The van der Waals surface area contributed by atoms with E-state index >= 15 is 0 Å². The largest absolute Gasteiger partial charge is 0.378 e. The molecule has 0 aromatic carbocycles. The van der Waals surface area contributed by atoms with Crippen LogP contribution in [0.1, 0.15) is 20.8 Å². The number of ether oxygens (including phenoxy) is 1. The third kappa shape index (κ3) is 5.01. The number of morpholine rings is 1. The molecule has 2 atom stereocenters. The minimum absolute atomic E-state index is 0.159. The van der Waals surface area contributed by atoms with E-state index in [1.807, 2.05) is 13.8 Å². The maximum atomic E-state index is 11.8. The molecule has 0 radical (unpaired) electrons. The lowest BCUT2D eigenvalue weighted by Gasteiger charge is -2.24. The average Bonchev–Trinajstić information content (AvgIpc) is 2.36. The first-order chi connectivity index (χ1) is 8.50. The summed E-state index contributed by atoms with van der Waals surface area (Å²) < 4.78 is 5.20. The van der Waals surface area contributed by atoms with Crippen molar-refractivity contribution in [2.24, 2.45) is 5.92 Å². The van der Waals surface area contributed by atoms with Crippen LogP contribution in [-0.4, -0.2) is 50.2 Å². The van der Waals surface area contributed by atoms with Gasteiger partial charge in [-0.15, -0.1) is 0 Å². The molecular formula is C12H23N3O3. The van der Waals surface area contributed by atoms with Crippen molar-refractivity contribution in [3.63, 3.8) is 0 Å². The lowest BCUT2D eigenvalue weighted by molar-refractivity contribution is -0.131. The van der Waals surface area contributed by atoms with Crippen molar-refractivity contribution in [1.82, 2.24) is 16.0 Å². The molecule has 1 fully saturated rings. The fourth-order valence-electron chi connectivity index (χ4n) is 1.57. The van der Waals surface area contributed by atoms with E-state index in [0.29, 0.717) is 32.2 Å². The van der Waals surface area contributed by atoms with Crippen molar-refractivity contribution in [3.05, 3.63) is 0 Å². The van der Waals surface area contributed by atoms with E-state index in [0.717, 1.165) is 0 Å². The quantitative estimate of drug-likeness (QED) is 0.605. The van der Waals surface area contributed by atoms with Gasteiger partial charge < -0.3 is 20.7 Å². The first kappa shape index (κ1) is 14.9. The van der Waals surface area contributed by atoms with Gasteiger partial charge in [0.15, 0.2) is 0 Å². The number of nitrogens with one attached hydrogen (secondary N) is 3. The van der Waals surface area contributed by atoms with Crippen molar-refractivity contribution in [1.29, 1.82) is 0 Å². The summed E-state index contributed by atoms with van der Waals surface area (Å²) in [4.78, 5) is 23.5. The minimum Gasteiger partial charge on any atom is -0.378 e. The minimum atomic E-state index is -0.528. The van der Waals surface area contributed by atoms with E-state index in [-0.39, 0.29) is 17.9 Å². The molecule has 18 heavy (non-hydrogen) atoms. The second-order valence-electron chi connectivity index (χ2n) is 4.95. The van der Waals surface area contributed by atoms with E-state index in [1.54, 1.807) is 6.92 Å². The highest BCUT2D eigenvalue weighted by atomic mass is 16.5. The molecule has 104 valence electrons. The maximum absolute atomic E-state index is 11.8. The number of hydrogen-bond acceptors (Lipinski definition) is 4. The van der Waals surface area contributed by atoms with E-state index < -0.39 is 6.04 Å². The average molecular weight is 257 g/mol. The Kier molecular flexibility index (Phi) is 6.07. The smallest absolute Gasteiger partial charge is 0.242 e. The highest BCUT2D eigenvalue weighted by Crippen LogP contribution is 1.95. The van der Waals surface area contributed by atoms with Gasteiger partial charge in [0.1, 0.15) is 12.1 Å². The summed E-state index contributed by atoms with van der Waals surface area (Å²) >= 11 is 0. The predicted molar refractivity (Wildman–Crippen MR) is 68.1 cm³/mol. The Bertz CT molecular complexity index is 288. The van der Waals surface area contributed by atoms with Crippen LogP contribution in [0.2, 0.25) is 0 Å². The zero-order chi connectivity index (χ0) is 13.5. The number of carbonyl (C=O) groups is 2. The maximum Gasteiger partial charge on any atom is 0.242 e. The molecule has 6 nitrogen and oxygen atoms in total. The topological polar surface area (TPSA) is 79.5 Å². The van der Waals surface area contributed by atoms with Gasteiger partial charge in [0.05, 0.1) is 13.2 Å². The van der Waals surface area contributed by atoms with Gasteiger partial charge in [0.2, 0.25) is 11.8 Å². The lowest BCUT2D eigenvalue weighted by Crippen LogP contribution is -2.55. The number of hydrogen-bond donors (Lipinski definition) is 3. The van der Waals surface area contributed by atoms with Crippen molar-refractivity contribution >= 4 is 11.8 Å². The van der Waals surface area contributed by atoms with E-state index in [2.05, 4.69) is 16.0 Å². The van der Waals surface area contributed by atoms with E-state index in [9.17, 15) is 9.59 Å². The van der Waals surface area contributed by atoms with E-state index in [4.69, 9.17) is 4.74 Å². The number of rotatable bonds is 5. The molecule has 0 aromatic heterocycles. The number of carbonyl (C=O) groups excluding carboxylic acids is 2. The SMILES string of the molecule is CC(C)CNC(=O)C(C)NC(=O)C1COCCN1. The molecule has 0 spiro atoms. The zero-order valence-electron chi connectivity index (χ0n) is 11.3. The van der Waals surface area contributed by atoms with Crippen LogP contribution in [-0.2, 0) is 14.3 Å². The van der Waals surface area contributed by atoms with E-state index in [1.165, 1.54) is 0 Å². The molecule has 0 aliphatic carbocycles. The standard InChI is InChI=1S/C12H23N3O3/c1-8(2)6-14-11(16)9(3)15-12(17)10-7-18-5-4-13-10/h8-10,13H,4-7H2,1-3H3,(H,14,16)(H,15,17). The van der Waals surface area contributed by atoms with Crippen molar-refractivity contribution in [2.75, 3.05) is 26.3 Å². The summed E-state index contributed by atoms with van der Waals surface area (Å²) in [5.74, 6) is 0.0425. The van der Waals surface area contributed by atoms with Gasteiger partial charge in [0.25, 0.3) is 0 Å². The molecule has 1 saturated heterocycles. The Labute approximate surface area is 108 Å². The molecule has 1 aliphatic rings. The molecule has 0 aromatic rings. The van der Waals surface area contributed by atoms with Gasteiger partial charge in [-0.25, -0.2) is 0 Å². The number of amides is 2. The molecule has 0 saturated carbocycles. The Balaban J connectivity index is 2.31.